The second-order valence-corrected chi connectivity index (χ2v) is 4.25. The van der Waals surface area contributed by atoms with Gasteiger partial charge in [0.15, 0.2) is 0 Å². The molecule has 0 aromatic carbocycles. The molecule has 2 unspecified atom stereocenters. The Morgan fingerprint density at radius 3 is 2.62 bits per heavy atom. The molecule has 1 aromatic rings. The van der Waals surface area contributed by atoms with E-state index in [0.29, 0.717) is 11.6 Å². The molecule has 0 saturated carbocycles. The number of halogens is 1. The zero-order valence-corrected chi connectivity index (χ0v) is 10.9. The van der Waals surface area contributed by atoms with E-state index < -0.39 is 0 Å². The maximum Gasteiger partial charge on any atom is 0.130 e. The molecule has 0 bridgehead atoms. The summed E-state index contributed by atoms with van der Waals surface area (Å²) in [6.07, 6.45) is 0.713. The normalized spacial score (nSPS) is 15.1. The SMILES string of the molecule is COC(C)C(Cc1c(C)nn(C)c1Cl)NN. The molecule has 0 amide bonds. The van der Waals surface area contributed by atoms with Gasteiger partial charge in [-0.2, -0.15) is 5.10 Å². The lowest BCUT2D eigenvalue weighted by molar-refractivity contribution is 0.0831. The third-order valence-electron chi connectivity index (χ3n) is 2.85. The molecule has 0 spiro atoms. The van der Waals surface area contributed by atoms with E-state index in [4.69, 9.17) is 22.2 Å². The highest BCUT2D eigenvalue weighted by Gasteiger charge is 2.20. The van der Waals surface area contributed by atoms with Gasteiger partial charge < -0.3 is 4.74 Å². The lowest BCUT2D eigenvalue weighted by Gasteiger charge is -2.21. The summed E-state index contributed by atoms with van der Waals surface area (Å²) in [5.74, 6) is 5.50. The summed E-state index contributed by atoms with van der Waals surface area (Å²) in [5, 5.41) is 4.91. The molecule has 1 aromatic heterocycles. The van der Waals surface area contributed by atoms with Gasteiger partial charge in [0.2, 0.25) is 0 Å². The van der Waals surface area contributed by atoms with Gasteiger partial charge in [0.25, 0.3) is 0 Å². The van der Waals surface area contributed by atoms with Crippen LogP contribution >= 0.6 is 11.6 Å². The van der Waals surface area contributed by atoms with Crippen LogP contribution in [0.4, 0.5) is 0 Å². The molecule has 6 heteroatoms. The Morgan fingerprint density at radius 2 is 2.25 bits per heavy atom. The van der Waals surface area contributed by atoms with Crippen LogP contribution in [0.25, 0.3) is 0 Å². The van der Waals surface area contributed by atoms with Gasteiger partial charge in [-0.15, -0.1) is 0 Å². The fourth-order valence-corrected chi connectivity index (χ4v) is 1.90. The van der Waals surface area contributed by atoms with Crippen molar-refractivity contribution in [2.24, 2.45) is 12.9 Å². The van der Waals surface area contributed by atoms with Crippen molar-refractivity contribution in [2.45, 2.75) is 32.4 Å². The summed E-state index contributed by atoms with van der Waals surface area (Å²) in [7, 11) is 3.48. The maximum atomic E-state index is 6.15. The molecule has 1 rings (SSSR count). The van der Waals surface area contributed by atoms with Gasteiger partial charge in [0.1, 0.15) is 5.15 Å². The first-order valence-corrected chi connectivity index (χ1v) is 5.56. The molecule has 0 radical (unpaired) electrons. The molecule has 5 nitrogen and oxygen atoms in total. The highest BCUT2D eigenvalue weighted by Crippen LogP contribution is 2.21. The van der Waals surface area contributed by atoms with Gasteiger partial charge in [0.05, 0.1) is 17.8 Å². The Hall–Kier alpha value is -0.620. The molecular weight excluding hydrogens is 228 g/mol. The number of ether oxygens (including phenoxy) is 1. The molecule has 16 heavy (non-hydrogen) atoms. The van der Waals surface area contributed by atoms with Crippen LogP contribution in [0.3, 0.4) is 0 Å². The molecule has 0 saturated heterocycles. The van der Waals surface area contributed by atoms with Crippen molar-refractivity contribution in [3.63, 3.8) is 0 Å². The van der Waals surface area contributed by atoms with Crippen LogP contribution in [-0.4, -0.2) is 29.0 Å². The van der Waals surface area contributed by atoms with Crippen LogP contribution in [0, 0.1) is 6.92 Å². The van der Waals surface area contributed by atoms with Crippen molar-refractivity contribution in [3.8, 4) is 0 Å². The molecule has 1 heterocycles. The number of hydrogen-bond donors (Lipinski definition) is 2. The number of hydrogen-bond acceptors (Lipinski definition) is 4. The minimum Gasteiger partial charge on any atom is -0.380 e. The zero-order chi connectivity index (χ0) is 12.3. The van der Waals surface area contributed by atoms with E-state index in [1.165, 1.54) is 0 Å². The van der Waals surface area contributed by atoms with E-state index in [0.717, 1.165) is 11.3 Å². The summed E-state index contributed by atoms with van der Waals surface area (Å²) >= 11 is 6.15. The summed E-state index contributed by atoms with van der Waals surface area (Å²) in [5.41, 5.74) is 4.68. The standard InChI is InChI=1S/C10H19ClN4O/c1-6-8(10(11)15(3)14-6)5-9(13-12)7(2)16-4/h7,9,13H,5,12H2,1-4H3. The number of methoxy groups -OCH3 is 1. The van der Waals surface area contributed by atoms with E-state index in [-0.39, 0.29) is 12.1 Å². The van der Waals surface area contributed by atoms with Crippen molar-refractivity contribution in [3.05, 3.63) is 16.4 Å². The summed E-state index contributed by atoms with van der Waals surface area (Å²) in [6.45, 7) is 3.90. The van der Waals surface area contributed by atoms with E-state index in [1.54, 1.807) is 11.8 Å². The van der Waals surface area contributed by atoms with Gasteiger partial charge in [-0.25, -0.2) is 0 Å². The minimum atomic E-state index is 0.0145. The van der Waals surface area contributed by atoms with Crippen LogP contribution in [-0.2, 0) is 18.2 Å². The van der Waals surface area contributed by atoms with Crippen LogP contribution in [0.5, 0.6) is 0 Å². The van der Waals surface area contributed by atoms with Crippen molar-refractivity contribution in [1.29, 1.82) is 0 Å². The van der Waals surface area contributed by atoms with E-state index in [9.17, 15) is 0 Å². The van der Waals surface area contributed by atoms with Gasteiger partial charge in [-0.3, -0.25) is 16.0 Å². The smallest absolute Gasteiger partial charge is 0.130 e. The van der Waals surface area contributed by atoms with E-state index >= 15 is 0 Å². The zero-order valence-electron chi connectivity index (χ0n) is 10.1. The van der Waals surface area contributed by atoms with E-state index in [2.05, 4.69) is 10.5 Å². The predicted octanol–water partition coefficient (Wildman–Crippen LogP) is 0.791. The first kappa shape index (κ1) is 13.4. The highest BCUT2D eigenvalue weighted by atomic mass is 35.5. The van der Waals surface area contributed by atoms with Gasteiger partial charge in [-0.1, -0.05) is 11.6 Å². The lowest BCUT2D eigenvalue weighted by Crippen LogP contribution is -2.45. The maximum absolute atomic E-state index is 6.15. The molecule has 0 aliphatic heterocycles. The Kier molecular flexibility index (Phi) is 4.73. The number of nitrogens with one attached hydrogen (secondary N) is 1. The largest absolute Gasteiger partial charge is 0.380 e. The van der Waals surface area contributed by atoms with Crippen molar-refractivity contribution >= 4 is 11.6 Å². The number of rotatable bonds is 5. The van der Waals surface area contributed by atoms with Crippen LogP contribution in [0.2, 0.25) is 5.15 Å². The Bertz CT molecular complexity index is 353. The average molecular weight is 247 g/mol. The third-order valence-corrected chi connectivity index (χ3v) is 3.32. The third kappa shape index (κ3) is 2.74. The monoisotopic (exact) mass is 246 g/mol. The molecule has 0 aliphatic carbocycles. The summed E-state index contributed by atoms with van der Waals surface area (Å²) in [6, 6.07) is 0.0189. The molecule has 92 valence electrons. The fourth-order valence-electron chi connectivity index (χ4n) is 1.65. The Balaban J connectivity index is 2.85. The number of nitrogens with two attached hydrogens (primary N) is 1. The first-order chi connectivity index (χ1) is 7.51. The first-order valence-electron chi connectivity index (χ1n) is 5.18. The van der Waals surface area contributed by atoms with Crippen LogP contribution < -0.4 is 11.3 Å². The molecule has 0 aliphatic rings. The van der Waals surface area contributed by atoms with Gasteiger partial charge in [0, 0.05) is 19.7 Å². The predicted molar refractivity (Wildman–Crippen MR) is 64.2 cm³/mol. The number of hydrazine groups is 1. The number of aryl methyl sites for hydroxylation is 2. The Morgan fingerprint density at radius 1 is 1.62 bits per heavy atom. The average Bonchev–Trinajstić information content (AvgIpc) is 2.50. The quantitative estimate of drug-likeness (QED) is 0.596. The minimum absolute atomic E-state index is 0.0145. The second-order valence-electron chi connectivity index (χ2n) is 3.90. The molecule has 2 atom stereocenters. The van der Waals surface area contributed by atoms with Crippen LogP contribution in [0.1, 0.15) is 18.2 Å². The fraction of sp³-hybridized carbons (Fsp3) is 0.700. The molecule has 3 N–H and O–H groups in total. The topological polar surface area (TPSA) is 65.1 Å². The number of nitrogens with zero attached hydrogens (tertiary/aromatic N) is 2. The second kappa shape index (κ2) is 5.63. The van der Waals surface area contributed by atoms with Crippen molar-refractivity contribution < 1.29 is 4.74 Å². The molecule has 0 fully saturated rings. The van der Waals surface area contributed by atoms with Gasteiger partial charge in [-0.05, 0) is 20.3 Å². The lowest BCUT2D eigenvalue weighted by atomic mass is 10.0. The summed E-state index contributed by atoms with van der Waals surface area (Å²) in [4.78, 5) is 0. The highest BCUT2D eigenvalue weighted by molar-refractivity contribution is 6.30. The number of aromatic nitrogens is 2. The van der Waals surface area contributed by atoms with Crippen molar-refractivity contribution in [1.82, 2.24) is 15.2 Å². The molecular formula is C10H19ClN4O. The van der Waals surface area contributed by atoms with Crippen LogP contribution in [0.15, 0.2) is 0 Å². The summed E-state index contributed by atoms with van der Waals surface area (Å²) < 4.78 is 6.91. The van der Waals surface area contributed by atoms with Gasteiger partial charge >= 0.3 is 0 Å². The Labute approximate surface area is 101 Å². The van der Waals surface area contributed by atoms with Crippen molar-refractivity contribution in [2.75, 3.05) is 7.11 Å². The van der Waals surface area contributed by atoms with E-state index in [1.807, 2.05) is 20.9 Å².